The number of para-hydroxylation sites is 1. The third-order valence-corrected chi connectivity index (χ3v) is 6.12. The summed E-state index contributed by atoms with van der Waals surface area (Å²) < 4.78 is 1.64. The Hall–Kier alpha value is -4.07. The number of benzene rings is 1. The molecule has 1 N–H and O–H groups in total. The van der Waals surface area contributed by atoms with Crippen molar-refractivity contribution in [2.75, 3.05) is 5.32 Å². The number of fused-ring (bicyclic) bond motifs is 2. The molecule has 5 rings (SSSR count). The molecule has 0 spiro atoms. The van der Waals surface area contributed by atoms with Crippen LogP contribution in [0, 0.1) is 20.8 Å². The third kappa shape index (κ3) is 3.44. The van der Waals surface area contributed by atoms with E-state index in [1.807, 2.05) is 51.1 Å². The molecular weight excluding hydrogens is 416 g/mol. The van der Waals surface area contributed by atoms with Crippen LogP contribution in [0.25, 0.3) is 16.7 Å². The normalized spacial score (nSPS) is 19.6. The number of rotatable bonds is 3. The number of aromatic nitrogens is 3. The number of allylic oxidation sites excluding steroid dienone is 2. The van der Waals surface area contributed by atoms with E-state index in [0.717, 1.165) is 27.7 Å². The van der Waals surface area contributed by atoms with Crippen molar-refractivity contribution in [3.05, 3.63) is 71.6 Å². The number of aryl methyl sites for hydroxylation is 3. The van der Waals surface area contributed by atoms with Crippen LogP contribution in [-0.4, -0.2) is 42.9 Å². The maximum Gasteiger partial charge on any atom is 0.252 e. The number of aliphatic imine (C=N–C) groups is 1. The van der Waals surface area contributed by atoms with Gasteiger partial charge in [-0.3, -0.25) is 9.59 Å². The molecule has 0 saturated heterocycles. The van der Waals surface area contributed by atoms with Crippen LogP contribution in [0.4, 0.5) is 5.82 Å². The molecule has 2 aliphatic heterocycles. The second-order valence-electron chi connectivity index (χ2n) is 8.69. The van der Waals surface area contributed by atoms with Crippen LogP contribution in [0.15, 0.2) is 59.8 Å². The number of amidine groups is 1. The largest absolute Gasteiger partial charge is 0.317 e. The van der Waals surface area contributed by atoms with Crippen molar-refractivity contribution in [2.45, 2.75) is 39.7 Å². The zero-order valence-electron chi connectivity index (χ0n) is 19.0. The van der Waals surface area contributed by atoms with E-state index in [1.54, 1.807) is 40.9 Å². The Bertz CT molecular complexity index is 1410. The van der Waals surface area contributed by atoms with Gasteiger partial charge in [-0.05, 0) is 57.0 Å². The van der Waals surface area contributed by atoms with Crippen LogP contribution < -0.4 is 5.32 Å². The Morgan fingerprint density at radius 2 is 1.94 bits per heavy atom. The number of carbonyl (C=O) groups is 2. The zero-order chi connectivity index (χ0) is 23.3. The van der Waals surface area contributed by atoms with Crippen molar-refractivity contribution in [3.63, 3.8) is 0 Å². The predicted octanol–water partition coefficient (Wildman–Crippen LogP) is 3.76. The van der Waals surface area contributed by atoms with Gasteiger partial charge in [-0.25, -0.2) is 4.98 Å². The molecule has 4 heterocycles. The highest BCUT2D eigenvalue weighted by Gasteiger charge is 2.45. The Morgan fingerprint density at radius 1 is 1.12 bits per heavy atom. The molecule has 0 aliphatic carbocycles. The highest BCUT2D eigenvalue weighted by Crippen LogP contribution is 2.30. The van der Waals surface area contributed by atoms with E-state index in [2.05, 4.69) is 15.4 Å². The fourth-order valence-corrected chi connectivity index (χ4v) is 4.35. The third-order valence-electron chi connectivity index (χ3n) is 6.12. The number of nitrogens with zero attached hydrogens (tertiary/aromatic N) is 5. The Kier molecular flexibility index (Phi) is 4.74. The molecule has 1 unspecified atom stereocenters. The van der Waals surface area contributed by atoms with Crippen molar-refractivity contribution in [3.8, 4) is 5.82 Å². The van der Waals surface area contributed by atoms with Gasteiger partial charge in [0.15, 0.2) is 5.82 Å². The summed E-state index contributed by atoms with van der Waals surface area (Å²) in [4.78, 5) is 36.5. The summed E-state index contributed by atoms with van der Waals surface area (Å²) in [6.07, 6.45) is 7.07. The molecule has 0 bridgehead atoms. The molecule has 1 atom stereocenters. The molecule has 3 aromatic rings. The van der Waals surface area contributed by atoms with Gasteiger partial charge in [0.05, 0.1) is 17.6 Å². The van der Waals surface area contributed by atoms with Crippen LogP contribution in [0.5, 0.6) is 0 Å². The maximum atomic E-state index is 13.5. The van der Waals surface area contributed by atoms with Crippen molar-refractivity contribution in [2.24, 2.45) is 4.99 Å². The molecule has 33 heavy (non-hydrogen) atoms. The zero-order valence-corrected chi connectivity index (χ0v) is 19.0. The number of pyridine rings is 1. The number of amides is 2. The summed E-state index contributed by atoms with van der Waals surface area (Å²) in [7, 11) is 0. The lowest BCUT2D eigenvalue weighted by Crippen LogP contribution is -2.58. The maximum absolute atomic E-state index is 13.5. The molecule has 166 valence electrons. The Morgan fingerprint density at radius 3 is 2.76 bits per heavy atom. The standard InChI is InChI=1S/C25H24N6O2/c1-15-8-7-9-18-16(2)12-20(27-23(15)18)31-21(13-17(3)29-31)28-24(33)25(4)14-22(32)26-19-10-5-6-11-30(19)25/h5-13H,14H2,1-4H3,(H,28,33). The minimum atomic E-state index is -1.12. The minimum absolute atomic E-state index is 0.0276. The van der Waals surface area contributed by atoms with Crippen molar-refractivity contribution >= 4 is 34.4 Å². The van der Waals surface area contributed by atoms with Crippen molar-refractivity contribution in [1.82, 2.24) is 19.7 Å². The van der Waals surface area contributed by atoms with Gasteiger partial charge < -0.3 is 10.2 Å². The van der Waals surface area contributed by atoms with E-state index in [-0.39, 0.29) is 18.2 Å². The molecule has 2 aliphatic rings. The second-order valence-corrected chi connectivity index (χ2v) is 8.69. The molecular formula is C25H24N6O2. The van der Waals surface area contributed by atoms with Gasteiger partial charge in [0.25, 0.3) is 11.8 Å². The Balaban J connectivity index is 1.54. The van der Waals surface area contributed by atoms with Gasteiger partial charge in [0.1, 0.15) is 17.2 Å². The van der Waals surface area contributed by atoms with Gasteiger partial charge >= 0.3 is 0 Å². The average molecular weight is 441 g/mol. The number of hydrogen-bond donors (Lipinski definition) is 1. The van der Waals surface area contributed by atoms with Crippen LogP contribution in [0.3, 0.4) is 0 Å². The minimum Gasteiger partial charge on any atom is -0.317 e. The number of nitrogens with one attached hydrogen (secondary N) is 1. The number of carbonyl (C=O) groups excluding carboxylic acids is 2. The first-order valence-electron chi connectivity index (χ1n) is 10.8. The van der Waals surface area contributed by atoms with E-state index >= 15 is 0 Å². The van der Waals surface area contributed by atoms with Crippen LogP contribution in [0.2, 0.25) is 0 Å². The second kappa shape index (κ2) is 7.51. The first-order valence-corrected chi connectivity index (χ1v) is 10.8. The molecule has 2 amide bonds. The van der Waals surface area contributed by atoms with E-state index < -0.39 is 5.54 Å². The molecule has 8 nitrogen and oxygen atoms in total. The summed E-state index contributed by atoms with van der Waals surface area (Å²) >= 11 is 0. The lowest BCUT2D eigenvalue weighted by Gasteiger charge is -2.41. The molecule has 2 aromatic heterocycles. The van der Waals surface area contributed by atoms with E-state index in [9.17, 15) is 9.59 Å². The predicted molar refractivity (Wildman–Crippen MR) is 127 cm³/mol. The average Bonchev–Trinajstić information content (AvgIpc) is 3.14. The SMILES string of the molecule is Cc1cc(NC(=O)C2(C)CC(=O)N=C3C=CC=CN32)n(-c2cc(C)c3cccc(C)c3n2)n1. The summed E-state index contributed by atoms with van der Waals surface area (Å²) in [5.74, 6) is 0.916. The first-order chi connectivity index (χ1) is 15.8. The molecule has 8 heteroatoms. The lowest BCUT2D eigenvalue weighted by atomic mass is 9.91. The molecule has 0 radical (unpaired) electrons. The molecule has 0 fully saturated rings. The van der Waals surface area contributed by atoms with Gasteiger partial charge in [-0.2, -0.15) is 14.8 Å². The van der Waals surface area contributed by atoms with Gasteiger partial charge in [-0.1, -0.05) is 24.3 Å². The van der Waals surface area contributed by atoms with E-state index in [0.29, 0.717) is 17.5 Å². The first kappa shape index (κ1) is 20.8. The van der Waals surface area contributed by atoms with E-state index in [1.165, 1.54) is 0 Å². The molecule has 1 aromatic carbocycles. The molecule has 0 saturated carbocycles. The van der Waals surface area contributed by atoms with Gasteiger partial charge in [0.2, 0.25) is 0 Å². The fourth-order valence-electron chi connectivity index (χ4n) is 4.35. The highest BCUT2D eigenvalue weighted by molar-refractivity contribution is 6.11. The summed E-state index contributed by atoms with van der Waals surface area (Å²) in [6.45, 7) is 7.66. The van der Waals surface area contributed by atoms with Crippen LogP contribution >= 0.6 is 0 Å². The Labute approximate surface area is 191 Å². The highest BCUT2D eigenvalue weighted by atomic mass is 16.2. The van der Waals surface area contributed by atoms with Crippen molar-refractivity contribution in [1.29, 1.82) is 0 Å². The van der Waals surface area contributed by atoms with Crippen LogP contribution in [-0.2, 0) is 9.59 Å². The topological polar surface area (TPSA) is 92.5 Å². The lowest BCUT2D eigenvalue weighted by molar-refractivity contribution is -0.130. The fraction of sp³-hybridized carbons (Fsp3) is 0.240. The van der Waals surface area contributed by atoms with Crippen molar-refractivity contribution < 1.29 is 9.59 Å². The summed E-state index contributed by atoms with van der Waals surface area (Å²) in [5, 5.41) is 8.66. The summed E-state index contributed by atoms with van der Waals surface area (Å²) in [6, 6.07) is 9.84. The van der Waals surface area contributed by atoms with E-state index in [4.69, 9.17) is 4.98 Å². The number of hydrogen-bond acceptors (Lipinski definition) is 5. The van der Waals surface area contributed by atoms with Crippen LogP contribution in [0.1, 0.15) is 30.2 Å². The smallest absolute Gasteiger partial charge is 0.252 e. The van der Waals surface area contributed by atoms with Gasteiger partial charge in [0, 0.05) is 17.7 Å². The summed E-state index contributed by atoms with van der Waals surface area (Å²) in [5.41, 5.74) is 2.65. The van der Waals surface area contributed by atoms with Gasteiger partial charge in [-0.15, -0.1) is 0 Å². The number of anilines is 1. The quantitative estimate of drug-likeness (QED) is 0.670. The monoisotopic (exact) mass is 440 g/mol.